The summed E-state index contributed by atoms with van der Waals surface area (Å²) in [6.07, 6.45) is 7.37. The number of carbonyl (C=O) groups excluding carboxylic acids is 1. The lowest BCUT2D eigenvalue weighted by molar-refractivity contribution is 0.0845. The number of piperidine rings is 1. The molecule has 0 saturated carbocycles. The van der Waals surface area contributed by atoms with Crippen molar-refractivity contribution in [2.75, 3.05) is 26.8 Å². The minimum Gasteiger partial charge on any atom is -0.496 e. The van der Waals surface area contributed by atoms with E-state index in [2.05, 4.69) is 4.90 Å². The molecule has 6 heteroatoms. The number of nitrogens with zero attached hydrogens (tertiary/aromatic N) is 2. The smallest absolute Gasteiger partial charge is 0.410 e. The maximum atomic E-state index is 13.8. The Bertz CT molecular complexity index is 720. The Morgan fingerprint density at radius 3 is 2.45 bits per heavy atom. The van der Waals surface area contributed by atoms with Gasteiger partial charge in [-0.25, -0.2) is 9.18 Å². The molecule has 5 nitrogen and oxygen atoms in total. The van der Waals surface area contributed by atoms with Crippen LogP contribution in [-0.4, -0.2) is 60.8 Å². The lowest BCUT2D eigenvalue weighted by Gasteiger charge is -2.39. The van der Waals surface area contributed by atoms with Gasteiger partial charge in [0, 0.05) is 23.7 Å². The molecule has 160 valence electrons. The lowest BCUT2D eigenvalue weighted by Crippen LogP contribution is -2.44. The molecule has 0 aromatic heterocycles. The zero-order valence-electron chi connectivity index (χ0n) is 17.6. The molecule has 1 aromatic carbocycles. The van der Waals surface area contributed by atoms with Crippen LogP contribution >= 0.6 is 0 Å². The third-order valence-electron chi connectivity index (χ3n) is 7.15. The monoisotopic (exact) mass is 404 g/mol. The van der Waals surface area contributed by atoms with Crippen LogP contribution in [0.15, 0.2) is 18.2 Å². The van der Waals surface area contributed by atoms with Crippen molar-refractivity contribution in [2.45, 2.75) is 75.9 Å². The van der Waals surface area contributed by atoms with E-state index in [0.717, 1.165) is 69.3 Å². The van der Waals surface area contributed by atoms with Crippen LogP contribution in [0.1, 0.15) is 63.4 Å². The molecule has 3 atom stereocenters. The highest BCUT2D eigenvalue weighted by Gasteiger charge is 2.42. The normalized spacial score (nSPS) is 28.2. The van der Waals surface area contributed by atoms with Gasteiger partial charge in [-0.2, -0.15) is 0 Å². The Morgan fingerprint density at radius 2 is 1.76 bits per heavy atom. The van der Waals surface area contributed by atoms with Crippen LogP contribution in [-0.2, 0) is 4.74 Å². The van der Waals surface area contributed by atoms with Crippen LogP contribution in [0, 0.1) is 5.82 Å². The SMILES string of the molecule is CCOC(=O)N1C2CCC(N3CCC(c4cc(F)ccc4OC)CC3)CC1CC2. The number of methoxy groups -OCH3 is 1. The summed E-state index contributed by atoms with van der Waals surface area (Å²) in [5.74, 6) is 0.943. The molecule has 1 aromatic rings. The third-order valence-corrected chi connectivity index (χ3v) is 7.15. The number of ether oxygens (including phenoxy) is 2. The average molecular weight is 405 g/mol. The lowest BCUT2D eigenvalue weighted by atomic mass is 9.86. The Balaban J connectivity index is 1.38. The van der Waals surface area contributed by atoms with Gasteiger partial charge in [-0.05, 0) is 89.1 Å². The summed E-state index contributed by atoms with van der Waals surface area (Å²) in [5, 5.41) is 0. The first-order valence-electron chi connectivity index (χ1n) is 11.1. The third kappa shape index (κ3) is 4.23. The topological polar surface area (TPSA) is 42.0 Å². The summed E-state index contributed by atoms with van der Waals surface area (Å²) in [6.45, 7) is 4.35. The summed E-state index contributed by atoms with van der Waals surface area (Å²) in [5.41, 5.74) is 1.00. The first-order valence-corrected chi connectivity index (χ1v) is 11.1. The molecule has 0 spiro atoms. The van der Waals surface area contributed by atoms with Gasteiger partial charge < -0.3 is 19.3 Å². The fourth-order valence-corrected chi connectivity index (χ4v) is 5.72. The molecular weight excluding hydrogens is 371 g/mol. The molecule has 3 aliphatic heterocycles. The van der Waals surface area contributed by atoms with E-state index < -0.39 is 0 Å². The molecular formula is C23H33FN2O3. The second-order valence-corrected chi connectivity index (χ2v) is 8.65. The van der Waals surface area contributed by atoms with Gasteiger partial charge in [0.15, 0.2) is 0 Å². The Labute approximate surface area is 173 Å². The van der Waals surface area contributed by atoms with Crippen molar-refractivity contribution in [1.82, 2.24) is 9.80 Å². The minimum absolute atomic E-state index is 0.127. The second-order valence-electron chi connectivity index (χ2n) is 8.65. The summed E-state index contributed by atoms with van der Waals surface area (Å²) < 4.78 is 24.6. The number of likely N-dealkylation sites (tertiary alicyclic amines) is 1. The van der Waals surface area contributed by atoms with Crippen LogP contribution < -0.4 is 4.74 Å². The molecule has 0 radical (unpaired) electrons. The first-order chi connectivity index (χ1) is 14.1. The van der Waals surface area contributed by atoms with E-state index in [9.17, 15) is 9.18 Å². The molecule has 3 fully saturated rings. The minimum atomic E-state index is -0.193. The highest BCUT2D eigenvalue weighted by atomic mass is 19.1. The summed E-state index contributed by atoms with van der Waals surface area (Å²) in [4.78, 5) is 17.1. The largest absolute Gasteiger partial charge is 0.496 e. The number of hydrogen-bond donors (Lipinski definition) is 0. The number of amides is 1. The molecule has 3 aliphatic rings. The quantitative estimate of drug-likeness (QED) is 0.738. The molecule has 3 heterocycles. The fraction of sp³-hybridized carbons (Fsp3) is 0.696. The average Bonchev–Trinajstić information content (AvgIpc) is 3.02. The number of hydrogen-bond acceptors (Lipinski definition) is 4. The molecule has 4 rings (SSSR count). The number of halogens is 1. The van der Waals surface area contributed by atoms with Gasteiger partial charge in [0.25, 0.3) is 0 Å². The van der Waals surface area contributed by atoms with Crippen LogP contribution in [0.5, 0.6) is 5.75 Å². The second kappa shape index (κ2) is 8.90. The summed E-state index contributed by atoms with van der Waals surface area (Å²) in [6, 6.07) is 6.03. The number of rotatable bonds is 4. The van der Waals surface area contributed by atoms with E-state index in [1.54, 1.807) is 19.2 Å². The van der Waals surface area contributed by atoms with E-state index >= 15 is 0 Å². The van der Waals surface area contributed by atoms with Gasteiger partial charge in [-0.15, -0.1) is 0 Å². The van der Waals surface area contributed by atoms with Crippen molar-refractivity contribution in [3.63, 3.8) is 0 Å². The Hall–Kier alpha value is -1.82. The van der Waals surface area contributed by atoms with Gasteiger partial charge in [-0.3, -0.25) is 0 Å². The number of carbonyl (C=O) groups is 1. The summed E-state index contributed by atoms with van der Waals surface area (Å²) >= 11 is 0. The van der Waals surface area contributed by atoms with Gasteiger partial charge in [0.2, 0.25) is 0 Å². The molecule has 0 N–H and O–H groups in total. The van der Waals surface area contributed by atoms with Crippen LogP contribution in [0.4, 0.5) is 9.18 Å². The van der Waals surface area contributed by atoms with E-state index in [0.29, 0.717) is 30.7 Å². The first kappa shape index (κ1) is 20.5. The summed E-state index contributed by atoms with van der Waals surface area (Å²) in [7, 11) is 1.65. The van der Waals surface area contributed by atoms with Gasteiger partial charge in [-0.1, -0.05) is 0 Å². The van der Waals surface area contributed by atoms with E-state index in [4.69, 9.17) is 9.47 Å². The molecule has 3 saturated heterocycles. The van der Waals surface area contributed by atoms with Crippen molar-refractivity contribution < 1.29 is 18.7 Å². The van der Waals surface area contributed by atoms with E-state index in [1.807, 2.05) is 11.8 Å². The molecule has 1 amide bonds. The molecule has 2 bridgehead atoms. The highest BCUT2D eigenvalue weighted by Crippen LogP contribution is 2.39. The molecule has 3 unspecified atom stereocenters. The fourth-order valence-electron chi connectivity index (χ4n) is 5.72. The number of fused-ring (bicyclic) bond motifs is 2. The van der Waals surface area contributed by atoms with Gasteiger partial charge in [0.1, 0.15) is 11.6 Å². The van der Waals surface area contributed by atoms with Crippen molar-refractivity contribution in [2.24, 2.45) is 0 Å². The Morgan fingerprint density at radius 1 is 1.07 bits per heavy atom. The maximum Gasteiger partial charge on any atom is 0.410 e. The zero-order valence-corrected chi connectivity index (χ0v) is 17.6. The van der Waals surface area contributed by atoms with Crippen LogP contribution in [0.3, 0.4) is 0 Å². The van der Waals surface area contributed by atoms with E-state index in [-0.39, 0.29) is 11.9 Å². The Kier molecular flexibility index (Phi) is 6.28. The van der Waals surface area contributed by atoms with Gasteiger partial charge in [0.05, 0.1) is 13.7 Å². The van der Waals surface area contributed by atoms with Crippen molar-refractivity contribution in [3.05, 3.63) is 29.6 Å². The van der Waals surface area contributed by atoms with Gasteiger partial charge >= 0.3 is 6.09 Å². The van der Waals surface area contributed by atoms with Crippen molar-refractivity contribution in [1.29, 1.82) is 0 Å². The standard InChI is InChI=1S/C23H33FN2O3/c1-3-29-23(27)26-18-5-7-19(15-20(26)8-6-18)25-12-10-16(11-13-25)21-14-17(24)4-9-22(21)28-2/h4,9,14,16,18-20H,3,5-8,10-13,15H2,1-2H3. The molecule has 29 heavy (non-hydrogen) atoms. The molecule has 0 aliphatic carbocycles. The van der Waals surface area contributed by atoms with Crippen molar-refractivity contribution >= 4 is 6.09 Å². The highest BCUT2D eigenvalue weighted by molar-refractivity contribution is 5.69. The van der Waals surface area contributed by atoms with Crippen LogP contribution in [0.25, 0.3) is 0 Å². The predicted molar refractivity (Wildman–Crippen MR) is 110 cm³/mol. The maximum absolute atomic E-state index is 13.8. The number of benzene rings is 1. The predicted octanol–water partition coefficient (Wildman–Crippen LogP) is 4.56. The zero-order chi connectivity index (χ0) is 20.4. The van der Waals surface area contributed by atoms with Crippen LogP contribution in [0.2, 0.25) is 0 Å². The van der Waals surface area contributed by atoms with E-state index in [1.165, 1.54) is 6.07 Å². The van der Waals surface area contributed by atoms with Crippen molar-refractivity contribution in [3.8, 4) is 5.75 Å².